The first-order chi connectivity index (χ1) is 7.63. The maximum absolute atomic E-state index is 11.4. The highest BCUT2D eigenvalue weighted by Crippen LogP contribution is 2.15. The van der Waals surface area contributed by atoms with Crippen LogP contribution in [0.4, 0.5) is 5.69 Å². The second-order valence-corrected chi connectivity index (χ2v) is 3.24. The van der Waals surface area contributed by atoms with E-state index in [1.807, 2.05) is 31.2 Å². The highest BCUT2D eigenvalue weighted by Gasteiger charge is 2.02. The van der Waals surface area contributed by atoms with E-state index in [0.29, 0.717) is 0 Å². The Labute approximate surface area is 94.1 Å². The number of carbonyl (C=O) groups is 2. The fraction of sp³-hybridized carbons (Fsp3) is 0.167. The maximum atomic E-state index is 11.4. The molecule has 1 aromatic rings. The van der Waals surface area contributed by atoms with Crippen molar-refractivity contribution in [2.24, 2.45) is 5.73 Å². The van der Waals surface area contributed by atoms with Gasteiger partial charge in [0, 0.05) is 17.8 Å². The maximum Gasteiger partial charge on any atom is 0.248 e. The van der Waals surface area contributed by atoms with Gasteiger partial charge < -0.3 is 11.1 Å². The first-order valence-electron chi connectivity index (χ1n) is 5.00. The van der Waals surface area contributed by atoms with Gasteiger partial charge >= 0.3 is 0 Å². The van der Waals surface area contributed by atoms with Crippen molar-refractivity contribution < 1.29 is 9.59 Å². The largest absolute Gasteiger partial charge is 0.366 e. The molecule has 84 valence electrons. The lowest BCUT2D eigenvalue weighted by Gasteiger charge is -2.07. The van der Waals surface area contributed by atoms with Crippen LogP contribution in [0.3, 0.4) is 0 Å². The van der Waals surface area contributed by atoms with Crippen molar-refractivity contribution in [1.82, 2.24) is 0 Å². The lowest BCUT2D eigenvalue weighted by molar-refractivity contribution is -0.115. The van der Waals surface area contributed by atoms with E-state index in [9.17, 15) is 9.59 Å². The van der Waals surface area contributed by atoms with Crippen LogP contribution >= 0.6 is 0 Å². The Hall–Kier alpha value is -2.10. The number of hydrogen-bond donors (Lipinski definition) is 2. The normalized spacial score (nSPS) is 10.3. The van der Waals surface area contributed by atoms with E-state index in [0.717, 1.165) is 29.8 Å². The molecule has 0 fully saturated rings. The van der Waals surface area contributed by atoms with E-state index in [1.165, 1.54) is 0 Å². The number of benzene rings is 1. The Bertz CT molecular complexity index is 425. The van der Waals surface area contributed by atoms with Crippen molar-refractivity contribution in [3.63, 3.8) is 0 Å². The fourth-order valence-corrected chi connectivity index (χ4v) is 1.28. The summed E-state index contributed by atoms with van der Waals surface area (Å²) in [6, 6.07) is 7.50. The number of nitrogens with two attached hydrogens (primary N) is 1. The number of aryl methyl sites for hydroxylation is 1. The molecule has 0 atom stereocenters. The summed E-state index contributed by atoms with van der Waals surface area (Å²) in [5.74, 6) is -1.00. The Morgan fingerprint density at radius 3 is 2.62 bits per heavy atom. The van der Waals surface area contributed by atoms with Crippen molar-refractivity contribution in [3.05, 3.63) is 42.0 Å². The van der Waals surface area contributed by atoms with E-state index in [4.69, 9.17) is 5.73 Å². The van der Waals surface area contributed by atoms with E-state index < -0.39 is 5.91 Å². The van der Waals surface area contributed by atoms with Gasteiger partial charge in [0.1, 0.15) is 0 Å². The number of carbonyl (C=O) groups excluding carboxylic acids is 2. The molecule has 0 aliphatic heterocycles. The topological polar surface area (TPSA) is 72.2 Å². The Morgan fingerprint density at radius 1 is 1.31 bits per heavy atom. The van der Waals surface area contributed by atoms with Crippen LogP contribution in [0, 0.1) is 0 Å². The number of anilines is 1. The van der Waals surface area contributed by atoms with Crippen molar-refractivity contribution in [2.45, 2.75) is 13.3 Å². The zero-order valence-electron chi connectivity index (χ0n) is 9.07. The molecular formula is C12H14N2O2. The van der Waals surface area contributed by atoms with Crippen LogP contribution in [0.15, 0.2) is 36.4 Å². The summed E-state index contributed by atoms with van der Waals surface area (Å²) in [6.07, 6.45) is 2.98. The molecule has 4 heteroatoms. The molecule has 0 saturated carbocycles. The third-order valence-electron chi connectivity index (χ3n) is 2.06. The summed E-state index contributed by atoms with van der Waals surface area (Å²) in [7, 11) is 0. The third kappa shape index (κ3) is 3.57. The van der Waals surface area contributed by atoms with Crippen molar-refractivity contribution in [2.75, 3.05) is 5.32 Å². The molecule has 4 nitrogen and oxygen atoms in total. The molecule has 0 aliphatic carbocycles. The van der Waals surface area contributed by atoms with Gasteiger partial charge in [0.2, 0.25) is 11.8 Å². The summed E-state index contributed by atoms with van der Waals surface area (Å²) in [6.45, 7) is 2.00. The SMILES string of the molecule is CCc1ccccc1NC(=O)/C=C\C(N)=O. The number of amides is 2. The van der Waals surface area contributed by atoms with Gasteiger partial charge in [0.25, 0.3) is 0 Å². The van der Waals surface area contributed by atoms with Crippen LogP contribution in [-0.2, 0) is 16.0 Å². The molecule has 0 bridgehead atoms. The number of rotatable bonds is 4. The average Bonchev–Trinajstić information content (AvgIpc) is 2.27. The standard InChI is InChI=1S/C12H14N2O2/c1-2-9-5-3-4-6-10(9)14-12(16)8-7-11(13)15/h3-8H,2H2,1H3,(H2,13,15)(H,14,16)/b8-7-. The zero-order chi connectivity index (χ0) is 12.0. The van der Waals surface area contributed by atoms with Crippen LogP contribution in [0.2, 0.25) is 0 Å². The molecule has 2 amide bonds. The van der Waals surface area contributed by atoms with Crippen molar-refractivity contribution in [1.29, 1.82) is 0 Å². The Morgan fingerprint density at radius 2 is 2.00 bits per heavy atom. The van der Waals surface area contributed by atoms with Gasteiger partial charge in [0.05, 0.1) is 0 Å². The summed E-state index contributed by atoms with van der Waals surface area (Å²) >= 11 is 0. The molecule has 1 aromatic carbocycles. The van der Waals surface area contributed by atoms with Gasteiger partial charge in [-0.15, -0.1) is 0 Å². The lowest BCUT2D eigenvalue weighted by atomic mass is 10.1. The molecule has 0 aliphatic rings. The van der Waals surface area contributed by atoms with Crippen molar-refractivity contribution >= 4 is 17.5 Å². The Kier molecular flexibility index (Phi) is 4.27. The monoisotopic (exact) mass is 218 g/mol. The number of hydrogen-bond acceptors (Lipinski definition) is 2. The van der Waals surface area contributed by atoms with Crippen LogP contribution in [0.25, 0.3) is 0 Å². The van der Waals surface area contributed by atoms with Crippen molar-refractivity contribution in [3.8, 4) is 0 Å². The van der Waals surface area contributed by atoms with Crippen LogP contribution in [0.1, 0.15) is 12.5 Å². The quantitative estimate of drug-likeness (QED) is 0.746. The Balaban J connectivity index is 2.73. The minimum absolute atomic E-state index is 0.361. The summed E-state index contributed by atoms with van der Waals surface area (Å²) in [5.41, 5.74) is 6.68. The van der Waals surface area contributed by atoms with Crippen LogP contribution < -0.4 is 11.1 Å². The minimum atomic E-state index is -0.640. The molecule has 0 spiro atoms. The molecular weight excluding hydrogens is 204 g/mol. The minimum Gasteiger partial charge on any atom is -0.366 e. The van der Waals surface area contributed by atoms with Gasteiger partial charge in [-0.05, 0) is 18.1 Å². The summed E-state index contributed by atoms with van der Waals surface area (Å²) in [5, 5.41) is 2.68. The smallest absolute Gasteiger partial charge is 0.248 e. The molecule has 1 rings (SSSR count). The second-order valence-electron chi connectivity index (χ2n) is 3.24. The highest BCUT2D eigenvalue weighted by molar-refractivity contribution is 6.03. The van der Waals surface area contributed by atoms with Crippen LogP contribution in [-0.4, -0.2) is 11.8 Å². The predicted octanol–water partition coefficient (Wildman–Crippen LogP) is 1.23. The van der Waals surface area contributed by atoms with E-state index >= 15 is 0 Å². The fourth-order valence-electron chi connectivity index (χ4n) is 1.28. The molecule has 0 saturated heterocycles. The summed E-state index contributed by atoms with van der Waals surface area (Å²) in [4.78, 5) is 21.8. The van der Waals surface area contributed by atoms with E-state index in [-0.39, 0.29) is 5.91 Å². The van der Waals surface area contributed by atoms with E-state index in [1.54, 1.807) is 0 Å². The summed E-state index contributed by atoms with van der Waals surface area (Å²) < 4.78 is 0. The molecule has 0 heterocycles. The van der Waals surface area contributed by atoms with Gasteiger partial charge in [-0.25, -0.2) is 0 Å². The van der Waals surface area contributed by atoms with Gasteiger partial charge in [-0.2, -0.15) is 0 Å². The number of primary amides is 1. The van der Waals surface area contributed by atoms with Crippen LogP contribution in [0.5, 0.6) is 0 Å². The third-order valence-corrected chi connectivity index (χ3v) is 2.06. The lowest BCUT2D eigenvalue weighted by Crippen LogP contribution is -2.12. The van der Waals surface area contributed by atoms with Gasteiger partial charge in [0.15, 0.2) is 0 Å². The zero-order valence-corrected chi connectivity index (χ0v) is 9.07. The number of nitrogens with one attached hydrogen (secondary N) is 1. The average molecular weight is 218 g/mol. The van der Waals surface area contributed by atoms with Gasteiger partial charge in [-0.1, -0.05) is 25.1 Å². The molecule has 0 unspecified atom stereocenters. The predicted molar refractivity (Wildman–Crippen MR) is 62.8 cm³/mol. The highest BCUT2D eigenvalue weighted by atomic mass is 16.2. The first kappa shape index (κ1) is 12.0. The van der Waals surface area contributed by atoms with E-state index in [2.05, 4.69) is 5.32 Å². The second kappa shape index (κ2) is 5.70. The van der Waals surface area contributed by atoms with Gasteiger partial charge in [-0.3, -0.25) is 9.59 Å². The number of para-hydroxylation sites is 1. The first-order valence-corrected chi connectivity index (χ1v) is 5.00. The molecule has 16 heavy (non-hydrogen) atoms. The molecule has 0 radical (unpaired) electrons. The molecule has 0 aromatic heterocycles. The molecule has 3 N–H and O–H groups in total.